The molecule has 1 N–H and O–H groups in total. The minimum absolute atomic E-state index is 0.190. The number of carbonyl (C=O) groups excluding carboxylic acids is 1. The molecule has 0 bridgehead atoms. The fourth-order valence-electron chi connectivity index (χ4n) is 3.85. The van der Waals surface area contributed by atoms with Gasteiger partial charge in [0.1, 0.15) is 17.6 Å². The zero-order valence-electron chi connectivity index (χ0n) is 19.7. The van der Waals surface area contributed by atoms with Crippen molar-refractivity contribution in [3.63, 3.8) is 0 Å². The molecule has 0 saturated heterocycles. The molecule has 0 atom stereocenters. The summed E-state index contributed by atoms with van der Waals surface area (Å²) in [6.07, 6.45) is 1.40. The number of amides is 1. The molecule has 0 radical (unpaired) electrons. The third kappa shape index (κ3) is 4.63. The van der Waals surface area contributed by atoms with E-state index in [1.807, 2.05) is 12.1 Å². The van der Waals surface area contributed by atoms with Gasteiger partial charge in [-0.3, -0.25) is 9.59 Å². The maximum Gasteiger partial charge on any atom is 0.258 e. The van der Waals surface area contributed by atoms with Crippen LogP contribution in [-0.4, -0.2) is 33.5 Å². The molecule has 9 nitrogen and oxygen atoms in total. The van der Waals surface area contributed by atoms with Crippen LogP contribution in [0.25, 0.3) is 22.1 Å². The Morgan fingerprint density at radius 2 is 1.78 bits per heavy atom. The number of methoxy groups -OCH3 is 2. The smallest absolute Gasteiger partial charge is 0.258 e. The molecule has 1 aliphatic rings. The van der Waals surface area contributed by atoms with E-state index in [1.165, 1.54) is 13.4 Å². The van der Waals surface area contributed by atoms with Gasteiger partial charge in [0.2, 0.25) is 6.79 Å². The van der Waals surface area contributed by atoms with Gasteiger partial charge in [0, 0.05) is 12.6 Å². The summed E-state index contributed by atoms with van der Waals surface area (Å²) >= 11 is 0. The first-order valence-corrected chi connectivity index (χ1v) is 11.1. The number of fused-ring (bicyclic) bond motifs is 2. The van der Waals surface area contributed by atoms with Gasteiger partial charge < -0.3 is 33.4 Å². The predicted molar refractivity (Wildman–Crippen MR) is 131 cm³/mol. The van der Waals surface area contributed by atoms with Gasteiger partial charge in [0.25, 0.3) is 5.91 Å². The van der Waals surface area contributed by atoms with Crippen molar-refractivity contribution in [2.45, 2.75) is 6.54 Å². The minimum Gasteiger partial charge on any atom is -0.493 e. The van der Waals surface area contributed by atoms with Gasteiger partial charge in [-0.05, 0) is 47.5 Å². The summed E-state index contributed by atoms with van der Waals surface area (Å²) in [4.78, 5) is 25.4. The average Bonchev–Trinajstić information content (AvgIpc) is 3.38. The first-order valence-electron chi connectivity index (χ1n) is 11.1. The molecule has 2 heterocycles. The number of hydrogen-bond acceptors (Lipinski definition) is 8. The van der Waals surface area contributed by atoms with Gasteiger partial charge in [0.05, 0.1) is 25.2 Å². The van der Waals surface area contributed by atoms with E-state index in [4.69, 9.17) is 28.1 Å². The van der Waals surface area contributed by atoms with Crippen molar-refractivity contribution < 1.29 is 32.9 Å². The quantitative estimate of drug-likeness (QED) is 0.397. The number of hydrogen-bond donors (Lipinski definition) is 1. The molecule has 4 aromatic rings. The van der Waals surface area contributed by atoms with Gasteiger partial charge in [0.15, 0.2) is 35.0 Å². The van der Waals surface area contributed by atoms with Crippen molar-refractivity contribution in [1.82, 2.24) is 5.32 Å². The fraction of sp³-hybridized carbons (Fsp3) is 0.185. The van der Waals surface area contributed by atoms with Crippen molar-refractivity contribution >= 4 is 16.9 Å². The molecule has 0 fully saturated rings. The summed E-state index contributed by atoms with van der Waals surface area (Å²) in [6.45, 7) is 0.330. The van der Waals surface area contributed by atoms with Gasteiger partial charge in [-0.15, -0.1) is 0 Å². The highest BCUT2D eigenvalue weighted by atomic mass is 16.7. The number of benzene rings is 3. The molecule has 1 amide bonds. The lowest BCUT2D eigenvalue weighted by atomic mass is 10.0. The SMILES string of the molecule is COc1ccc(-c2coc3cc(OCC(=O)NCc4ccc5c(c4)OCO5)ccc3c2=O)cc1OC. The second-order valence-corrected chi connectivity index (χ2v) is 7.96. The van der Waals surface area contributed by atoms with Crippen molar-refractivity contribution in [2.75, 3.05) is 27.6 Å². The van der Waals surface area contributed by atoms with Crippen LogP contribution in [0.3, 0.4) is 0 Å². The molecule has 1 aliphatic heterocycles. The van der Waals surface area contributed by atoms with E-state index in [0.29, 0.717) is 57.4 Å². The van der Waals surface area contributed by atoms with Crippen LogP contribution < -0.4 is 34.4 Å². The third-order valence-electron chi connectivity index (χ3n) is 5.74. The lowest BCUT2D eigenvalue weighted by Gasteiger charge is -2.10. The number of carbonyl (C=O) groups is 1. The average molecular weight is 489 g/mol. The van der Waals surface area contributed by atoms with Crippen LogP contribution in [0.4, 0.5) is 0 Å². The van der Waals surface area contributed by atoms with E-state index in [-0.39, 0.29) is 24.7 Å². The molecule has 184 valence electrons. The summed E-state index contributed by atoms with van der Waals surface area (Å²) in [5.74, 6) is 2.53. The number of ether oxygens (including phenoxy) is 5. The van der Waals surface area contributed by atoms with E-state index >= 15 is 0 Å². The third-order valence-corrected chi connectivity index (χ3v) is 5.74. The van der Waals surface area contributed by atoms with Crippen molar-refractivity contribution in [2.24, 2.45) is 0 Å². The van der Waals surface area contributed by atoms with E-state index < -0.39 is 0 Å². The first kappa shape index (κ1) is 23.1. The molecule has 3 aromatic carbocycles. The monoisotopic (exact) mass is 489 g/mol. The Balaban J connectivity index is 1.25. The topological polar surface area (TPSA) is 105 Å². The highest BCUT2D eigenvalue weighted by molar-refractivity contribution is 5.83. The Bertz CT molecular complexity index is 1490. The van der Waals surface area contributed by atoms with Gasteiger partial charge in [-0.2, -0.15) is 0 Å². The zero-order chi connectivity index (χ0) is 25.1. The summed E-state index contributed by atoms with van der Waals surface area (Å²) in [5.41, 5.74) is 2.06. The summed E-state index contributed by atoms with van der Waals surface area (Å²) in [5, 5.41) is 3.19. The standard InChI is InChI=1S/C27H23NO8/c1-31-21-8-4-17(10-24(21)32-2)20-13-34-23-11-18(5-6-19(23)27(20)30)33-14-26(29)28-12-16-3-7-22-25(9-16)36-15-35-22/h3-11,13H,12,14-15H2,1-2H3,(H,28,29). The van der Waals surface area contributed by atoms with Crippen molar-refractivity contribution in [3.05, 3.63) is 76.6 Å². The molecule has 0 aliphatic carbocycles. The van der Waals surface area contributed by atoms with Crippen LogP contribution in [0.15, 0.2) is 70.1 Å². The van der Waals surface area contributed by atoms with Crippen LogP contribution in [0, 0.1) is 0 Å². The summed E-state index contributed by atoms with van der Waals surface area (Å²) in [7, 11) is 3.08. The van der Waals surface area contributed by atoms with E-state index in [0.717, 1.165) is 5.56 Å². The second kappa shape index (κ2) is 9.91. The van der Waals surface area contributed by atoms with Gasteiger partial charge in [-0.1, -0.05) is 12.1 Å². The summed E-state index contributed by atoms with van der Waals surface area (Å²) < 4.78 is 32.5. The Hall–Kier alpha value is -4.66. The fourth-order valence-corrected chi connectivity index (χ4v) is 3.85. The highest BCUT2D eigenvalue weighted by Crippen LogP contribution is 2.33. The van der Waals surface area contributed by atoms with Crippen LogP contribution in [0.5, 0.6) is 28.7 Å². The molecule has 0 spiro atoms. The molecule has 0 unspecified atom stereocenters. The Morgan fingerprint density at radius 1 is 0.944 bits per heavy atom. The first-order chi connectivity index (χ1) is 17.6. The van der Waals surface area contributed by atoms with Crippen LogP contribution in [0.2, 0.25) is 0 Å². The Kier molecular flexibility index (Phi) is 6.36. The second-order valence-electron chi connectivity index (χ2n) is 7.96. The van der Waals surface area contributed by atoms with Gasteiger partial charge >= 0.3 is 0 Å². The minimum atomic E-state index is -0.294. The number of nitrogens with one attached hydrogen (secondary N) is 1. The maximum atomic E-state index is 13.1. The van der Waals surface area contributed by atoms with E-state index in [2.05, 4.69) is 5.32 Å². The lowest BCUT2D eigenvalue weighted by molar-refractivity contribution is -0.123. The van der Waals surface area contributed by atoms with E-state index in [1.54, 1.807) is 49.6 Å². The Labute approximate surface area is 206 Å². The molecule has 36 heavy (non-hydrogen) atoms. The molecule has 0 saturated carbocycles. The van der Waals surface area contributed by atoms with E-state index in [9.17, 15) is 9.59 Å². The Morgan fingerprint density at radius 3 is 2.61 bits per heavy atom. The number of rotatable bonds is 8. The maximum absolute atomic E-state index is 13.1. The van der Waals surface area contributed by atoms with Crippen LogP contribution in [0.1, 0.15) is 5.56 Å². The zero-order valence-corrected chi connectivity index (χ0v) is 19.7. The highest BCUT2D eigenvalue weighted by Gasteiger charge is 2.15. The van der Waals surface area contributed by atoms with Crippen molar-refractivity contribution in [3.8, 4) is 39.9 Å². The molecule has 1 aromatic heterocycles. The normalized spacial score (nSPS) is 11.8. The lowest BCUT2D eigenvalue weighted by Crippen LogP contribution is -2.28. The summed E-state index contributed by atoms with van der Waals surface area (Å²) in [6, 6.07) is 15.5. The van der Waals surface area contributed by atoms with Gasteiger partial charge in [-0.25, -0.2) is 0 Å². The largest absolute Gasteiger partial charge is 0.493 e. The molecule has 9 heteroatoms. The van der Waals surface area contributed by atoms with Crippen molar-refractivity contribution in [1.29, 1.82) is 0 Å². The molecular weight excluding hydrogens is 466 g/mol. The van der Waals surface area contributed by atoms with Crippen LogP contribution >= 0.6 is 0 Å². The predicted octanol–water partition coefficient (Wildman–Crippen LogP) is 3.90. The molecule has 5 rings (SSSR count). The van der Waals surface area contributed by atoms with Crippen LogP contribution in [-0.2, 0) is 11.3 Å². The molecular formula is C27H23NO8.